The third kappa shape index (κ3) is 2.14. The van der Waals surface area contributed by atoms with Gasteiger partial charge in [0.1, 0.15) is 0 Å². The maximum Gasteiger partial charge on any atom is 0.255 e. The van der Waals surface area contributed by atoms with Crippen LogP contribution in [-0.2, 0) is 4.74 Å². The predicted molar refractivity (Wildman–Crippen MR) is 68.4 cm³/mol. The molecule has 2 heterocycles. The fourth-order valence-electron chi connectivity index (χ4n) is 2.91. The van der Waals surface area contributed by atoms with Gasteiger partial charge in [0.15, 0.2) is 11.5 Å². The number of ether oxygens (including phenoxy) is 2. The molecule has 0 aromatic heterocycles. The summed E-state index contributed by atoms with van der Waals surface area (Å²) in [6.45, 7) is 0. The van der Waals surface area contributed by atoms with Crippen LogP contribution in [0, 0.1) is 0 Å². The Balaban J connectivity index is 1.74. The number of hydrogen-bond donors (Lipinski definition) is 2. The lowest BCUT2D eigenvalue weighted by molar-refractivity contribution is 0.0838. The molecule has 1 aromatic carbocycles. The van der Waals surface area contributed by atoms with Crippen LogP contribution in [0.5, 0.6) is 11.5 Å². The largest absolute Gasteiger partial charge is 0.504 e. The van der Waals surface area contributed by atoms with E-state index < -0.39 is 0 Å². The first-order valence-electron chi connectivity index (χ1n) is 6.51. The van der Waals surface area contributed by atoms with Crippen LogP contribution in [0.1, 0.15) is 29.6 Å². The summed E-state index contributed by atoms with van der Waals surface area (Å²) in [5.41, 5.74) is 0.238. The van der Waals surface area contributed by atoms with Crippen LogP contribution in [0.25, 0.3) is 0 Å². The molecule has 2 aliphatic heterocycles. The maximum atomic E-state index is 12.2. The lowest BCUT2D eigenvalue weighted by atomic mass is 9.95. The number of carbonyl (C=O) groups is 1. The molecule has 2 aliphatic rings. The highest BCUT2D eigenvalue weighted by atomic mass is 16.5. The summed E-state index contributed by atoms with van der Waals surface area (Å²) in [5.74, 6) is -0.0963. The minimum Gasteiger partial charge on any atom is -0.504 e. The van der Waals surface area contributed by atoms with Gasteiger partial charge in [-0.1, -0.05) is 6.07 Å². The van der Waals surface area contributed by atoms with Crippen molar-refractivity contribution in [2.45, 2.75) is 37.5 Å². The van der Waals surface area contributed by atoms with Gasteiger partial charge in [0.05, 0.1) is 30.9 Å². The van der Waals surface area contributed by atoms with E-state index in [1.807, 2.05) is 0 Å². The number of rotatable bonds is 3. The van der Waals surface area contributed by atoms with E-state index in [2.05, 4.69) is 5.32 Å². The van der Waals surface area contributed by atoms with Gasteiger partial charge in [-0.3, -0.25) is 4.79 Å². The van der Waals surface area contributed by atoms with Crippen molar-refractivity contribution in [2.75, 3.05) is 7.11 Å². The molecule has 3 rings (SSSR count). The van der Waals surface area contributed by atoms with Crippen LogP contribution in [0.4, 0.5) is 0 Å². The molecule has 102 valence electrons. The summed E-state index contributed by atoms with van der Waals surface area (Å²) in [6.07, 6.45) is 3.36. The smallest absolute Gasteiger partial charge is 0.255 e. The van der Waals surface area contributed by atoms with Gasteiger partial charge in [0, 0.05) is 0 Å². The molecular formula is C14H17NO4. The highest BCUT2D eigenvalue weighted by Gasteiger charge is 2.41. The summed E-state index contributed by atoms with van der Waals surface area (Å²) in [7, 11) is 1.46. The van der Waals surface area contributed by atoms with Gasteiger partial charge in [-0.25, -0.2) is 0 Å². The minimum absolute atomic E-state index is 0.0526. The molecule has 0 aliphatic carbocycles. The van der Waals surface area contributed by atoms with Gasteiger partial charge in [0.25, 0.3) is 5.91 Å². The van der Waals surface area contributed by atoms with Crippen molar-refractivity contribution in [3.63, 3.8) is 0 Å². The van der Waals surface area contributed by atoms with Crippen molar-refractivity contribution >= 4 is 5.91 Å². The van der Waals surface area contributed by atoms with E-state index in [9.17, 15) is 9.90 Å². The van der Waals surface area contributed by atoms with Gasteiger partial charge < -0.3 is 19.9 Å². The number of phenolic OH excluding ortho intramolecular Hbond substituents is 1. The zero-order valence-electron chi connectivity index (χ0n) is 10.8. The molecule has 3 unspecified atom stereocenters. The summed E-state index contributed by atoms with van der Waals surface area (Å²) in [6, 6.07) is 4.94. The molecule has 0 radical (unpaired) electrons. The van der Waals surface area contributed by atoms with Gasteiger partial charge in [-0.15, -0.1) is 0 Å². The highest BCUT2D eigenvalue weighted by Crippen LogP contribution is 2.35. The van der Waals surface area contributed by atoms with E-state index in [0.717, 1.165) is 19.3 Å². The standard InChI is InChI=1S/C14H17NO4/c1-18-12-4-2-3-9(13(12)16)14(17)15-10-7-8-5-6-11(10)19-8/h2-4,8,10-11,16H,5-7H2,1H3,(H,15,17). The number of para-hydroxylation sites is 1. The van der Waals surface area contributed by atoms with Gasteiger partial charge >= 0.3 is 0 Å². The van der Waals surface area contributed by atoms with E-state index in [4.69, 9.17) is 9.47 Å². The molecule has 5 heteroatoms. The first kappa shape index (κ1) is 12.3. The molecular weight excluding hydrogens is 246 g/mol. The average molecular weight is 263 g/mol. The number of fused-ring (bicyclic) bond motifs is 2. The minimum atomic E-state index is -0.280. The lowest BCUT2D eigenvalue weighted by Gasteiger charge is -2.20. The van der Waals surface area contributed by atoms with Crippen molar-refractivity contribution in [1.82, 2.24) is 5.32 Å². The monoisotopic (exact) mass is 263 g/mol. The molecule has 19 heavy (non-hydrogen) atoms. The maximum absolute atomic E-state index is 12.2. The molecule has 0 spiro atoms. The molecule has 3 atom stereocenters. The van der Waals surface area contributed by atoms with Gasteiger partial charge in [0.2, 0.25) is 0 Å². The van der Waals surface area contributed by atoms with Crippen LogP contribution >= 0.6 is 0 Å². The molecule has 5 nitrogen and oxygen atoms in total. The van der Waals surface area contributed by atoms with E-state index >= 15 is 0 Å². The first-order valence-corrected chi connectivity index (χ1v) is 6.51. The fraction of sp³-hybridized carbons (Fsp3) is 0.500. The predicted octanol–water partition coefficient (Wildman–Crippen LogP) is 1.45. The Morgan fingerprint density at radius 2 is 2.32 bits per heavy atom. The Morgan fingerprint density at radius 1 is 1.47 bits per heavy atom. The number of aromatic hydroxyl groups is 1. The van der Waals surface area contributed by atoms with E-state index in [1.165, 1.54) is 7.11 Å². The Hall–Kier alpha value is -1.75. The molecule has 2 N–H and O–H groups in total. The second-order valence-electron chi connectivity index (χ2n) is 5.05. The normalized spacial score (nSPS) is 28.4. The SMILES string of the molecule is COc1cccc(C(=O)NC2CC3CCC2O3)c1O. The van der Waals surface area contributed by atoms with Crippen LogP contribution < -0.4 is 10.1 Å². The van der Waals surface area contributed by atoms with Crippen LogP contribution in [0.2, 0.25) is 0 Å². The number of carbonyl (C=O) groups excluding carboxylic acids is 1. The van der Waals surface area contributed by atoms with Crippen molar-refractivity contribution in [1.29, 1.82) is 0 Å². The number of methoxy groups -OCH3 is 1. The molecule has 1 aromatic rings. The average Bonchev–Trinajstić information content (AvgIpc) is 3.01. The molecule has 0 saturated carbocycles. The summed E-state index contributed by atoms with van der Waals surface area (Å²) < 4.78 is 10.7. The number of hydrogen-bond acceptors (Lipinski definition) is 4. The van der Waals surface area contributed by atoms with Crippen molar-refractivity contribution in [3.8, 4) is 11.5 Å². The third-order valence-electron chi connectivity index (χ3n) is 3.89. The topological polar surface area (TPSA) is 67.8 Å². The molecule has 2 bridgehead atoms. The van der Waals surface area contributed by atoms with Crippen LogP contribution in [0.15, 0.2) is 18.2 Å². The highest BCUT2D eigenvalue weighted by molar-refractivity contribution is 5.97. The second-order valence-corrected chi connectivity index (χ2v) is 5.05. The number of nitrogens with one attached hydrogen (secondary N) is 1. The number of benzene rings is 1. The summed E-state index contributed by atoms with van der Waals surface area (Å²) >= 11 is 0. The van der Waals surface area contributed by atoms with E-state index in [-0.39, 0.29) is 35.5 Å². The fourth-order valence-corrected chi connectivity index (χ4v) is 2.91. The second kappa shape index (κ2) is 4.74. The Labute approximate surface area is 111 Å². The molecule has 2 fully saturated rings. The van der Waals surface area contributed by atoms with Gasteiger partial charge in [-0.2, -0.15) is 0 Å². The zero-order chi connectivity index (χ0) is 13.4. The van der Waals surface area contributed by atoms with Crippen LogP contribution in [-0.4, -0.2) is 36.4 Å². The number of amides is 1. The molecule has 1 amide bonds. The third-order valence-corrected chi connectivity index (χ3v) is 3.89. The summed E-state index contributed by atoms with van der Waals surface area (Å²) in [4.78, 5) is 12.2. The quantitative estimate of drug-likeness (QED) is 0.866. The van der Waals surface area contributed by atoms with Gasteiger partial charge in [-0.05, 0) is 31.4 Å². The van der Waals surface area contributed by atoms with Crippen molar-refractivity contribution in [3.05, 3.63) is 23.8 Å². The van der Waals surface area contributed by atoms with Crippen molar-refractivity contribution < 1.29 is 19.4 Å². The Morgan fingerprint density at radius 3 is 2.95 bits per heavy atom. The zero-order valence-corrected chi connectivity index (χ0v) is 10.8. The Kier molecular flexibility index (Phi) is 3.06. The first-order chi connectivity index (χ1) is 9.19. The number of phenols is 1. The van der Waals surface area contributed by atoms with E-state index in [0.29, 0.717) is 5.75 Å². The lowest BCUT2D eigenvalue weighted by Crippen LogP contribution is -2.41. The van der Waals surface area contributed by atoms with Crippen molar-refractivity contribution in [2.24, 2.45) is 0 Å². The molecule has 2 saturated heterocycles. The summed E-state index contributed by atoms with van der Waals surface area (Å²) in [5, 5.41) is 12.9. The van der Waals surface area contributed by atoms with E-state index in [1.54, 1.807) is 18.2 Å². The van der Waals surface area contributed by atoms with Crippen LogP contribution in [0.3, 0.4) is 0 Å². The Bertz CT molecular complexity index is 502.